The summed E-state index contributed by atoms with van der Waals surface area (Å²) >= 11 is 6.18. The van der Waals surface area contributed by atoms with Crippen molar-refractivity contribution in [2.45, 2.75) is 26.4 Å². The maximum absolute atomic E-state index is 9.60. The zero-order chi connectivity index (χ0) is 19.5. The Balaban J connectivity index is 1.61. The third-order valence-electron chi connectivity index (χ3n) is 4.62. The van der Waals surface area contributed by atoms with Crippen LogP contribution in [0.4, 0.5) is 5.95 Å². The van der Waals surface area contributed by atoms with E-state index in [-0.39, 0.29) is 6.61 Å². The van der Waals surface area contributed by atoms with Gasteiger partial charge in [-0.25, -0.2) is 15.0 Å². The highest BCUT2D eigenvalue weighted by atomic mass is 35.5. The van der Waals surface area contributed by atoms with Crippen LogP contribution in [0.2, 0.25) is 5.02 Å². The number of hydrogen-bond donors (Lipinski definition) is 1. The molecule has 0 spiro atoms. The number of aryl methyl sites for hydroxylation is 1. The number of aliphatic hydroxyl groups excluding tert-OH is 1. The molecular weight excluding hydrogens is 378 g/mol. The second kappa shape index (κ2) is 8.18. The summed E-state index contributed by atoms with van der Waals surface area (Å²) in [6.07, 6.45) is 6.79. The molecule has 0 radical (unpaired) electrons. The predicted molar refractivity (Wildman–Crippen MR) is 107 cm³/mol. The van der Waals surface area contributed by atoms with Crippen molar-refractivity contribution in [2.75, 3.05) is 13.2 Å². The van der Waals surface area contributed by atoms with Crippen LogP contribution in [0.15, 0.2) is 41.9 Å². The van der Waals surface area contributed by atoms with Crippen LogP contribution < -0.4 is 0 Å². The van der Waals surface area contributed by atoms with E-state index < -0.39 is 0 Å². The minimum absolute atomic E-state index is 0.103. The zero-order valence-electron chi connectivity index (χ0n) is 15.5. The van der Waals surface area contributed by atoms with Gasteiger partial charge in [0.05, 0.1) is 31.2 Å². The molecule has 144 valence electrons. The minimum Gasteiger partial charge on any atom is -0.392 e. The molecule has 0 bridgehead atoms. The molecule has 1 aliphatic rings. The van der Waals surface area contributed by atoms with Crippen LogP contribution in [-0.2, 0) is 17.8 Å². The molecule has 0 atom stereocenters. The summed E-state index contributed by atoms with van der Waals surface area (Å²) in [7, 11) is 0. The molecule has 1 N–H and O–H groups in total. The lowest BCUT2D eigenvalue weighted by Crippen LogP contribution is -2.01. The highest BCUT2D eigenvalue weighted by molar-refractivity contribution is 6.31. The lowest BCUT2D eigenvalue weighted by Gasteiger charge is -2.08. The maximum Gasteiger partial charge on any atom is 0.251 e. The minimum atomic E-state index is -0.103. The molecule has 28 heavy (non-hydrogen) atoms. The molecule has 1 aliphatic heterocycles. The second-order valence-electron chi connectivity index (χ2n) is 6.64. The molecule has 0 unspecified atom stereocenters. The molecule has 1 fully saturated rings. The summed E-state index contributed by atoms with van der Waals surface area (Å²) < 4.78 is 7.19. The Morgan fingerprint density at radius 3 is 3.00 bits per heavy atom. The van der Waals surface area contributed by atoms with E-state index in [4.69, 9.17) is 16.3 Å². The Bertz CT molecular complexity index is 1020. The topological polar surface area (TPSA) is 85.4 Å². The van der Waals surface area contributed by atoms with Crippen LogP contribution in [0, 0.1) is 6.92 Å². The smallest absolute Gasteiger partial charge is 0.251 e. The zero-order valence-corrected chi connectivity index (χ0v) is 16.2. The Kier molecular flexibility index (Phi) is 5.47. The van der Waals surface area contributed by atoms with Gasteiger partial charge in [0.2, 0.25) is 0 Å². The van der Waals surface area contributed by atoms with E-state index in [1.165, 1.54) is 0 Å². The lowest BCUT2D eigenvalue weighted by atomic mass is 10.0. The van der Waals surface area contributed by atoms with E-state index in [1.54, 1.807) is 18.6 Å². The normalized spacial score (nSPS) is 15.5. The van der Waals surface area contributed by atoms with Crippen LogP contribution in [-0.4, -0.2) is 43.6 Å². The first kappa shape index (κ1) is 18.7. The van der Waals surface area contributed by atoms with Gasteiger partial charge in [0.25, 0.3) is 5.95 Å². The molecule has 1 saturated heterocycles. The first-order chi connectivity index (χ1) is 13.6. The van der Waals surface area contributed by atoms with Gasteiger partial charge in [-0.05, 0) is 24.1 Å². The fourth-order valence-corrected chi connectivity index (χ4v) is 3.39. The molecule has 7 nitrogen and oxygen atoms in total. The average molecular weight is 398 g/mol. The van der Waals surface area contributed by atoms with Crippen molar-refractivity contribution >= 4 is 23.3 Å². The number of rotatable bonds is 5. The molecule has 0 amide bonds. The van der Waals surface area contributed by atoms with Crippen LogP contribution in [0.25, 0.3) is 5.82 Å². The number of hydrogen-bond acceptors (Lipinski definition) is 6. The number of aliphatic hydroxyl groups is 1. The second-order valence-corrected chi connectivity index (χ2v) is 7.05. The third-order valence-corrected chi connectivity index (χ3v) is 4.97. The lowest BCUT2D eigenvalue weighted by molar-refractivity contribution is 0.209. The number of aliphatic imine (C=N–C) groups is 1. The number of benzene rings is 1. The van der Waals surface area contributed by atoms with Gasteiger partial charge in [0.1, 0.15) is 12.1 Å². The fourth-order valence-electron chi connectivity index (χ4n) is 3.13. The first-order valence-corrected chi connectivity index (χ1v) is 9.40. The van der Waals surface area contributed by atoms with Crippen molar-refractivity contribution in [1.82, 2.24) is 19.5 Å². The Morgan fingerprint density at radius 2 is 2.21 bits per heavy atom. The van der Waals surface area contributed by atoms with E-state index in [2.05, 4.69) is 19.9 Å². The molecule has 1 aromatic carbocycles. The van der Waals surface area contributed by atoms with E-state index >= 15 is 0 Å². The predicted octanol–water partition coefficient (Wildman–Crippen LogP) is 3.20. The van der Waals surface area contributed by atoms with Gasteiger partial charge in [-0.2, -0.15) is 4.98 Å². The molecular formula is C20H20ClN5O2. The highest BCUT2D eigenvalue weighted by Gasteiger charge is 2.13. The average Bonchev–Trinajstić information content (AvgIpc) is 3.36. The van der Waals surface area contributed by atoms with Crippen LogP contribution in [0.3, 0.4) is 0 Å². The summed E-state index contributed by atoms with van der Waals surface area (Å²) in [4.78, 5) is 17.9. The van der Waals surface area contributed by atoms with E-state index in [9.17, 15) is 5.11 Å². The first-order valence-electron chi connectivity index (χ1n) is 9.02. The number of imidazole rings is 1. The van der Waals surface area contributed by atoms with Crippen LogP contribution >= 0.6 is 11.6 Å². The van der Waals surface area contributed by atoms with E-state index in [0.29, 0.717) is 30.6 Å². The highest BCUT2D eigenvalue weighted by Crippen LogP contribution is 2.23. The summed E-state index contributed by atoms with van der Waals surface area (Å²) in [6.45, 7) is 3.08. The van der Waals surface area contributed by atoms with E-state index in [0.717, 1.165) is 40.3 Å². The molecule has 3 heterocycles. The van der Waals surface area contributed by atoms with Gasteiger partial charge >= 0.3 is 0 Å². The fraction of sp³-hybridized carbons (Fsp3) is 0.300. The summed E-state index contributed by atoms with van der Waals surface area (Å²) in [6, 6.07) is 5.60. The number of halogens is 1. The van der Waals surface area contributed by atoms with Crippen LogP contribution in [0.1, 0.15) is 28.8 Å². The Morgan fingerprint density at radius 1 is 1.32 bits per heavy atom. The van der Waals surface area contributed by atoms with Gasteiger partial charge in [-0.3, -0.25) is 4.57 Å². The van der Waals surface area contributed by atoms with Crippen molar-refractivity contribution in [3.63, 3.8) is 0 Å². The van der Waals surface area contributed by atoms with Gasteiger partial charge in [0, 0.05) is 35.8 Å². The SMILES string of the molecule is Cc1cnc(/N=C2/CCOC2)nc1-n1cnc(Cc2cccc(Cl)c2CO)c1. The van der Waals surface area contributed by atoms with Gasteiger partial charge in [-0.15, -0.1) is 0 Å². The van der Waals surface area contributed by atoms with Gasteiger partial charge < -0.3 is 9.84 Å². The van der Waals surface area contributed by atoms with Crippen molar-refractivity contribution < 1.29 is 9.84 Å². The van der Waals surface area contributed by atoms with Crippen molar-refractivity contribution in [3.8, 4) is 5.82 Å². The molecule has 2 aromatic heterocycles. The van der Waals surface area contributed by atoms with Crippen LogP contribution in [0.5, 0.6) is 0 Å². The van der Waals surface area contributed by atoms with Crippen molar-refractivity contribution in [1.29, 1.82) is 0 Å². The van der Waals surface area contributed by atoms with Crippen molar-refractivity contribution in [3.05, 3.63) is 64.3 Å². The largest absolute Gasteiger partial charge is 0.392 e. The molecule has 0 aliphatic carbocycles. The Labute approximate surface area is 167 Å². The van der Waals surface area contributed by atoms with Crippen molar-refractivity contribution in [2.24, 2.45) is 4.99 Å². The summed E-state index contributed by atoms with van der Waals surface area (Å²) in [5.41, 5.74) is 4.42. The van der Waals surface area contributed by atoms with Gasteiger partial charge in [-0.1, -0.05) is 23.7 Å². The molecule has 0 saturated carbocycles. The monoisotopic (exact) mass is 397 g/mol. The molecule has 3 aromatic rings. The molecule has 8 heteroatoms. The standard InChI is InChI=1S/C20H20ClN5O2/c1-13-8-22-20(24-15-5-6-28-11-15)25-19(13)26-9-16(23-12-26)7-14-3-2-4-18(21)17(14)10-27/h2-4,8-9,12,27H,5-7,10-11H2,1H3/b24-15-. The number of aromatic nitrogens is 4. The van der Waals surface area contributed by atoms with E-state index in [1.807, 2.05) is 29.8 Å². The number of nitrogens with zero attached hydrogens (tertiary/aromatic N) is 5. The van der Waals surface area contributed by atoms with Gasteiger partial charge in [0.15, 0.2) is 0 Å². The third kappa shape index (κ3) is 3.96. The quantitative estimate of drug-likeness (QED) is 0.714. The maximum atomic E-state index is 9.60. The summed E-state index contributed by atoms with van der Waals surface area (Å²) in [5, 5.41) is 10.2. The summed E-state index contributed by atoms with van der Waals surface area (Å²) in [5.74, 6) is 1.16. The Hall–Kier alpha value is -2.61. The number of ether oxygens (including phenoxy) is 1. The molecule has 4 rings (SSSR count).